The maximum Gasteiger partial charge on any atom is 0.243 e. The lowest BCUT2D eigenvalue weighted by Crippen LogP contribution is -2.57. The maximum absolute atomic E-state index is 13.4. The highest BCUT2D eigenvalue weighted by Crippen LogP contribution is 2.23. The first-order valence-electron chi connectivity index (χ1n) is 12.9. The van der Waals surface area contributed by atoms with Crippen molar-refractivity contribution in [2.24, 2.45) is 11.3 Å². The van der Waals surface area contributed by atoms with Gasteiger partial charge in [0.15, 0.2) is 0 Å². The Balaban J connectivity index is 2.01. The van der Waals surface area contributed by atoms with Gasteiger partial charge in [-0.2, -0.15) is 0 Å². The first-order valence-corrected chi connectivity index (χ1v) is 12.9. The molecule has 0 radical (unpaired) electrons. The van der Waals surface area contributed by atoms with Crippen molar-refractivity contribution in [3.63, 3.8) is 0 Å². The molecule has 1 saturated heterocycles. The van der Waals surface area contributed by atoms with Crippen LogP contribution in [-0.2, 0) is 20.8 Å². The third kappa shape index (κ3) is 9.61. The monoisotopic (exact) mass is 488 g/mol. The van der Waals surface area contributed by atoms with E-state index in [1.54, 1.807) is 6.92 Å². The van der Waals surface area contributed by atoms with Gasteiger partial charge >= 0.3 is 0 Å². The van der Waals surface area contributed by atoms with Gasteiger partial charge in [0.05, 0.1) is 12.0 Å². The van der Waals surface area contributed by atoms with E-state index in [1.165, 1.54) is 19.3 Å². The summed E-state index contributed by atoms with van der Waals surface area (Å²) in [5.41, 5.74) is 0.655. The lowest BCUT2D eigenvalue weighted by Gasteiger charge is -2.34. The summed E-state index contributed by atoms with van der Waals surface area (Å²) in [7, 11) is 0. The van der Waals surface area contributed by atoms with Gasteiger partial charge < -0.3 is 15.5 Å². The quantitative estimate of drug-likeness (QED) is 0.225. The van der Waals surface area contributed by atoms with Crippen LogP contribution >= 0.6 is 0 Å². The minimum Gasteiger partial charge on any atom is -0.353 e. The molecule has 35 heavy (non-hydrogen) atoms. The first kappa shape index (κ1) is 28.8. The van der Waals surface area contributed by atoms with Crippen LogP contribution in [0.25, 0.3) is 0 Å². The molecule has 8 heteroatoms. The molecule has 1 heterocycles. The van der Waals surface area contributed by atoms with E-state index in [2.05, 4.69) is 15.5 Å². The number of amides is 3. The van der Waals surface area contributed by atoms with E-state index in [0.29, 0.717) is 30.9 Å². The first-order chi connectivity index (χ1) is 16.6. The van der Waals surface area contributed by atoms with Crippen molar-refractivity contribution in [1.29, 1.82) is 0 Å². The van der Waals surface area contributed by atoms with E-state index in [-0.39, 0.29) is 11.8 Å². The summed E-state index contributed by atoms with van der Waals surface area (Å²) >= 11 is 0. The van der Waals surface area contributed by atoms with Gasteiger partial charge in [0.25, 0.3) is 0 Å². The topological polar surface area (TPSA) is 102 Å². The molecule has 0 spiro atoms. The van der Waals surface area contributed by atoms with Gasteiger partial charge in [-0.1, -0.05) is 57.5 Å². The van der Waals surface area contributed by atoms with Gasteiger partial charge in [0.2, 0.25) is 18.2 Å². The maximum atomic E-state index is 13.4. The van der Waals surface area contributed by atoms with Crippen molar-refractivity contribution in [3.05, 3.63) is 35.9 Å². The Kier molecular flexibility index (Phi) is 11.7. The Labute approximate surface area is 210 Å². The van der Waals surface area contributed by atoms with E-state index >= 15 is 0 Å². The fraction of sp³-hybridized carbons (Fsp3) is 0.667. The summed E-state index contributed by atoms with van der Waals surface area (Å²) in [4.78, 5) is 40.0. The third-order valence-corrected chi connectivity index (χ3v) is 6.86. The predicted octanol–water partition coefficient (Wildman–Crippen LogP) is 2.99. The van der Waals surface area contributed by atoms with E-state index in [0.717, 1.165) is 31.6 Å². The number of hydrogen-bond acceptors (Lipinski definition) is 5. The molecule has 3 amide bonds. The number of carbonyl (C=O) groups is 3. The van der Waals surface area contributed by atoms with Crippen LogP contribution in [0.4, 0.5) is 0 Å². The van der Waals surface area contributed by atoms with Crippen LogP contribution in [0, 0.1) is 11.3 Å². The average molecular weight is 489 g/mol. The van der Waals surface area contributed by atoms with Crippen LogP contribution in [0.5, 0.6) is 0 Å². The molecule has 0 bridgehead atoms. The van der Waals surface area contributed by atoms with Crippen LogP contribution in [-0.4, -0.2) is 71.7 Å². The molecule has 2 rings (SSSR count). The molecule has 196 valence electrons. The number of piperidine rings is 1. The Morgan fingerprint density at radius 2 is 1.77 bits per heavy atom. The second-order valence-corrected chi connectivity index (χ2v) is 10.7. The van der Waals surface area contributed by atoms with E-state index < -0.39 is 23.4 Å². The minimum absolute atomic E-state index is 0.213. The summed E-state index contributed by atoms with van der Waals surface area (Å²) in [5, 5.41) is 16.5. The minimum atomic E-state index is -0.733. The summed E-state index contributed by atoms with van der Waals surface area (Å²) < 4.78 is 0. The normalized spacial score (nSPS) is 17.2. The number of carbonyl (C=O) groups excluding carboxylic acids is 3. The molecule has 3 N–H and O–H groups in total. The zero-order chi connectivity index (χ0) is 25.8. The summed E-state index contributed by atoms with van der Waals surface area (Å²) in [6.07, 6.45) is 5.94. The third-order valence-electron chi connectivity index (χ3n) is 6.86. The Hall–Kier alpha value is -2.45. The second kappa shape index (κ2) is 14.2. The largest absolute Gasteiger partial charge is 0.353 e. The Bertz CT molecular complexity index is 790. The van der Waals surface area contributed by atoms with Crippen molar-refractivity contribution < 1.29 is 19.6 Å². The van der Waals surface area contributed by atoms with Gasteiger partial charge in [-0.3, -0.25) is 19.6 Å². The summed E-state index contributed by atoms with van der Waals surface area (Å²) in [5.74, 6) is -1.20. The fourth-order valence-electron chi connectivity index (χ4n) is 4.59. The van der Waals surface area contributed by atoms with Crippen molar-refractivity contribution in [3.8, 4) is 0 Å². The number of hydrogen-bond donors (Lipinski definition) is 3. The lowest BCUT2D eigenvalue weighted by atomic mass is 9.84. The molecule has 3 atom stereocenters. The van der Waals surface area contributed by atoms with Crippen molar-refractivity contribution in [2.75, 3.05) is 26.2 Å². The van der Waals surface area contributed by atoms with Crippen LogP contribution < -0.4 is 10.6 Å². The zero-order valence-corrected chi connectivity index (χ0v) is 21.8. The second-order valence-electron chi connectivity index (χ2n) is 10.7. The van der Waals surface area contributed by atoms with Crippen molar-refractivity contribution in [2.45, 2.75) is 78.3 Å². The predicted molar refractivity (Wildman–Crippen MR) is 137 cm³/mol. The SMILES string of the molecule is CC(C(CCCc1ccccc1)C(=O)NC(C(=O)NCCN1CCCCC1)C(C)(C)C)N(O)C=O. The fourth-order valence-corrected chi connectivity index (χ4v) is 4.59. The zero-order valence-electron chi connectivity index (χ0n) is 21.8. The smallest absolute Gasteiger partial charge is 0.243 e. The van der Waals surface area contributed by atoms with Gasteiger partial charge in [0, 0.05) is 13.1 Å². The molecule has 0 saturated carbocycles. The Morgan fingerprint density at radius 3 is 2.37 bits per heavy atom. The molecule has 8 nitrogen and oxygen atoms in total. The highest BCUT2D eigenvalue weighted by molar-refractivity contribution is 5.89. The van der Waals surface area contributed by atoms with Crippen LogP contribution in [0.1, 0.15) is 65.4 Å². The number of aryl methyl sites for hydroxylation is 1. The highest BCUT2D eigenvalue weighted by atomic mass is 16.5. The molecule has 1 aromatic rings. The van der Waals surface area contributed by atoms with E-state index in [4.69, 9.17) is 0 Å². The van der Waals surface area contributed by atoms with Crippen molar-refractivity contribution in [1.82, 2.24) is 20.6 Å². The number of likely N-dealkylation sites (tertiary alicyclic amines) is 1. The van der Waals surface area contributed by atoms with Gasteiger partial charge in [-0.25, -0.2) is 5.06 Å². The summed E-state index contributed by atoms with van der Waals surface area (Å²) in [6, 6.07) is 8.52. The standard InChI is InChI=1S/C27H44N4O4/c1-21(31(35)20-32)23(15-11-14-22-12-7-5-8-13-22)25(33)29-24(27(2,3)4)26(34)28-16-19-30-17-9-6-10-18-30/h5,7-8,12-13,20-21,23-24,35H,6,9-11,14-19H2,1-4H3,(H,28,34)(H,29,33). The highest BCUT2D eigenvalue weighted by Gasteiger charge is 2.36. The average Bonchev–Trinajstić information content (AvgIpc) is 2.84. The molecule has 0 aliphatic carbocycles. The number of hydroxylamine groups is 2. The summed E-state index contributed by atoms with van der Waals surface area (Å²) in [6.45, 7) is 10.9. The van der Waals surface area contributed by atoms with Gasteiger partial charge in [-0.15, -0.1) is 0 Å². The molecular weight excluding hydrogens is 444 g/mol. The van der Waals surface area contributed by atoms with Crippen LogP contribution in [0.3, 0.4) is 0 Å². The molecule has 1 aliphatic heterocycles. The van der Waals surface area contributed by atoms with Crippen LogP contribution in [0.15, 0.2) is 30.3 Å². The molecular formula is C27H44N4O4. The molecule has 1 aromatic carbocycles. The van der Waals surface area contributed by atoms with E-state index in [9.17, 15) is 19.6 Å². The van der Waals surface area contributed by atoms with E-state index in [1.807, 2.05) is 51.1 Å². The van der Waals surface area contributed by atoms with Gasteiger partial charge in [-0.05, 0) is 63.1 Å². The lowest BCUT2D eigenvalue weighted by molar-refractivity contribution is -0.166. The van der Waals surface area contributed by atoms with Crippen molar-refractivity contribution >= 4 is 18.2 Å². The molecule has 1 aliphatic rings. The number of rotatable bonds is 13. The molecule has 1 fully saturated rings. The number of benzene rings is 1. The number of nitrogens with one attached hydrogen (secondary N) is 2. The van der Waals surface area contributed by atoms with Gasteiger partial charge in [0.1, 0.15) is 6.04 Å². The Morgan fingerprint density at radius 1 is 1.11 bits per heavy atom. The van der Waals surface area contributed by atoms with Crippen LogP contribution in [0.2, 0.25) is 0 Å². The molecule has 3 unspecified atom stereocenters. The number of nitrogens with zero attached hydrogens (tertiary/aromatic N) is 2. The molecule has 0 aromatic heterocycles.